The van der Waals surface area contributed by atoms with Crippen molar-refractivity contribution < 1.29 is 0 Å². The molecule has 2 unspecified atom stereocenters. The van der Waals surface area contributed by atoms with Crippen LogP contribution in [0.1, 0.15) is 26.2 Å². The van der Waals surface area contributed by atoms with Gasteiger partial charge in [0.05, 0.1) is 5.37 Å². The van der Waals surface area contributed by atoms with E-state index in [4.69, 9.17) is 0 Å². The maximum atomic E-state index is 3.48. The van der Waals surface area contributed by atoms with Crippen molar-refractivity contribution in [2.75, 3.05) is 5.75 Å². The maximum absolute atomic E-state index is 3.48. The summed E-state index contributed by atoms with van der Waals surface area (Å²) in [5, 5.41) is 4.34. The lowest BCUT2D eigenvalue weighted by Gasteiger charge is -2.30. The quantitative estimate of drug-likeness (QED) is 0.512. The highest BCUT2D eigenvalue weighted by atomic mass is 32.2. The molecule has 1 saturated heterocycles. The molecule has 2 aliphatic heterocycles. The van der Waals surface area contributed by atoms with E-state index in [9.17, 15) is 0 Å². The van der Waals surface area contributed by atoms with Gasteiger partial charge in [-0.05, 0) is 36.8 Å². The zero-order valence-electron chi connectivity index (χ0n) is 6.43. The maximum Gasteiger partial charge on any atom is 0.0576 e. The van der Waals surface area contributed by atoms with Crippen LogP contribution in [0.25, 0.3) is 0 Å². The van der Waals surface area contributed by atoms with E-state index in [1.807, 2.05) is 0 Å². The minimum absolute atomic E-state index is 0.269. The van der Waals surface area contributed by atoms with Gasteiger partial charge in [0.25, 0.3) is 0 Å². The average molecular weight is 157 g/mol. The summed E-state index contributed by atoms with van der Waals surface area (Å²) in [6.45, 7) is 2.28. The SMILES string of the molecule is CC1=CNC2CCCC[SH]12. The van der Waals surface area contributed by atoms with Crippen molar-refractivity contribution in [3.63, 3.8) is 0 Å². The molecule has 2 heteroatoms. The van der Waals surface area contributed by atoms with Gasteiger partial charge in [0, 0.05) is 6.20 Å². The summed E-state index contributed by atoms with van der Waals surface area (Å²) in [6, 6.07) is 0. The summed E-state index contributed by atoms with van der Waals surface area (Å²) in [7, 11) is 0.269. The first-order valence-corrected chi connectivity index (χ1v) is 5.67. The van der Waals surface area contributed by atoms with E-state index in [1.165, 1.54) is 25.0 Å². The number of allylic oxidation sites excluding steroid dienone is 1. The predicted molar refractivity (Wildman–Crippen MR) is 48.4 cm³/mol. The lowest BCUT2D eigenvalue weighted by molar-refractivity contribution is 0.632. The van der Waals surface area contributed by atoms with E-state index in [-0.39, 0.29) is 10.9 Å². The summed E-state index contributed by atoms with van der Waals surface area (Å²) in [5.41, 5.74) is 0. The van der Waals surface area contributed by atoms with E-state index >= 15 is 0 Å². The van der Waals surface area contributed by atoms with Crippen LogP contribution in [-0.2, 0) is 0 Å². The third-order valence-electron chi connectivity index (χ3n) is 2.44. The number of hydrogen-bond acceptors (Lipinski definition) is 1. The van der Waals surface area contributed by atoms with Gasteiger partial charge in [-0.2, -0.15) is 0 Å². The number of fused-ring (bicyclic) bond motifs is 1. The fraction of sp³-hybridized carbons (Fsp3) is 0.750. The smallest absolute Gasteiger partial charge is 0.0576 e. The molecule has 0 aliphatic carbocycles. The molecule has 58 valence electrons. The predicted octanol–water partition coefficient (Wildman–Crippen LogP) is 1.96. The zero-order chi connectivity index (χ0) is 6.97. The summed E-state index contributed by atoms with van der Waals surface area (Å²) < 4.78 is 0. The van der Waals surface area contributed by atoms with Crippen molar-refractivity contribution in [1.29, 1.82) is 0 Å². The van der Waals surface area contributed by atoms with Gasteiger partial charge in [-0.15, -0.1) is 0 Å². The van der Waals surface area contributed by atoms with Crippen molar-refractivity contribution in [3.05, 3.63) is 11.1 Å². The van der Waals surface area contributed by atoms with Gasteiger partial charge in [0.15, 0.2) is 0 Å². The normalized spacial score (nSPS) is 41.9. The molecule has 2 atom stereocenters. The molecule has 2 rings (SSSR count). The second-order valence-electron chi connectivity index (χ2n) is 3.16. The number of thiol groups is 1. The molecular weight excluding hydrogens is 142 g/mol. The number of hydrogen-bond donors (Lipinski definition) is 2. The van der Waals surface area contributed by atoms with Gasteiger partial charge in [0.1, 0.15) is 0 Å². The van der Waals surface area contributed by atoms with E-state index < -0.39 is 0 Å². The van der Waals surface area contributed by atoms with Crippen LogP contribution in [0.3, 0.4) is 0 Å². The largest absolute Gasteiger partial charge is 0.380 e. The molecule has 1 fully saturated rings. The first-order chi connectivity index (χ1) is 4.88. The molecule has 0 radical (unpaired) electrons. The third kappa shape index (κ3) is 0.947. The second kappa shape index (κ2) is 2.50. The molecule has 0 aromatic rings. The highest BCUT2D eigenvalue weighted by molar-refractivity contribution is 8.21. The fourth-order valence-corrected chi connectivity index (χ4v) is 4.54. The van der Waals surface area contributed by atoms with Crippen LogP contribution in [0.2, 0.25) is 0 Å². The van der Waals surface area contributed by atoms with Crippen LogP contribution in [-0.4, -0.2) is 11.1 Å². The molecule has 0 bridgehead atoms. The second-order valence-corrected chi connectivity index (χ2v) is 5.87. The van der Waals surface area contributed by atoms with Crippen LogP contribution < -0.4 is 5.32 Å². The first-order valence-electron chi connectivity index (χ1n) is 4.07. The van der Waals surface area contributed by atoms with Gasteiger partial charge < -0.3 is 5.32 Å². The van der Waals surface area contributed by atoms with E-state index in [1.54, 1.807) is 4.91 Å². The first kappa shape index (κ1) is 6.59. The van der Waals surface area contributed by atoms with Gasteiger partial charge in [-0.1, -0.05) is 0 Å². The topological polar surface area (TPSA) is 12.0 Å². The Morgan fingerprint density at radius 1 is 1.60 bits per heavy atom. The summed E-state index contributed by atoms with van der Waals surface area (Å²) in [4.78, 5) is 1.64. The molecule has 0 spiro atoms. The van der Waals surface area contributed by atoms with Crippen molar-refractivity contribution in [2.45, 2.75) is 31.6 Å². The molecule has 0 amide bonds. The molecule has 0 aromatic heterocycles. The summed E-state index contributed by atoms with van der Waals surface area (Å²) >= 11 is 0. The number of nitrogens with one attached hydrogen (secondary N) is 1. The Bertz CT molecular complexity index is 165. The lowest BCUT2D eigenvalue weighted by atomic mass is 10.2. The molecule has 0 aromatic carbocycles. The van der Waals surface area contributed by atoms with Crippen LogP contribution in [0.4, 0.5) is 0 Å². The zero-order valence-corrected chi connectivity index (χ0v) is 7.32. The lowest BCUT2D eigenvalue weighted by Crippen LogP contribution is -2.23. The highest BCUT2D eigenvalue weighted by Gasteiger charge is 2.25. The molecule has 1 nitrogen and oxygen atoms in total. The van der Waals surface area contributed by atoms with Crippen LogP contribution in [0.5, 0.6) is 0 Å². The van der Waals surface area contributed by atoms with Crippen molar-refractivity contribution in [1.82, 2.24) is 5.32 Å². The van der Waals surface area contributed by atoms with Crippen molar-refractivity contribution in [2.24, 2.45) is 0 Å². The molecule has 2 heterocycles. The Labute approximate surface area is 65.2 Å². The molecular formula is C8H15NS. The van der Waals surface area contributed by atoms with Crippen molar-refractivity contribution in [3.8, 4) is 0 Å². The molecule has 2 aliphatic rings. The standard InChI is InChI=1S/C8H15NS/c1-7-6-9-8-4-2-3-5-10(7)8/h6,8-10H,2-5H2,1H3. The van der Waals surface area contributed by atoms with Gasteiger partial charge in [-0.3, -0.25) is 0 Å². The Kier molecular flexibility index (Phi) is 1.65. The van der Waals surface area contributed by atoms with E-state index in [2.05, 4.69) is 18.4 Å². The fourth-order valence-electron chi connectivity index (χ4n) is 1.83. The summed E-state index contributed by atoms with van der Waals surface area (Å²) in [5.74, 6) is 1.48. The minimum Gasteiger partial charge on any atom is -0.380 e. The molecule has 1 N–H and O–H groups in total. The van der Waals surface area contributed by atoms with Crippen molar-refractivity contribution >= 4 is 10.9 Å². The summed E-state index contributed by atoms with van der Waals surface area (Å²) in [6.07, 6.45) is 6.56. The minimum atomic E-state index is 0.269. The van der Waals surface area contributed by atoms with Gasteiger partial charge >= 0.3 is 0 Å². The Balaban J connectivity index is 2.08. The van der Waals surface area contributed by atoms with E-state index in [0.717, 1.165) is 5.37 Å². The highest BCUT2D eigenvalue weighted by Crippen LogP contribution is 2.47. The van der Waals surface area contributed by atoms with Crippen LogP contribution in [0, 0.1) is 0 Å². The van der Waals surface area contributed by atoms with E-state index in [0.29, 0.717) is 0 Å². The monoisotopic (exact) mass is 157 g/mol. The van der Waals surface area contributed by atoms with Gasteiger partial charge in [0.2, 0.25) is 0 Å². The van der Waals surface area contributed by atoms with Gasteiger partial charge in [-0.25, -0.2) is 10.9 Å². The molecule has 10 heavy (non-hydrogen) atoms. The Morgan fingerprint density at radius 2 is 2.50 bits per heavy atom. The third-order valence-corrected chi connectivity index (χ3v) is 5.43. The molecule has 0 saturated carbocycles. The Hall–Kier alpha value is -0.110. The van der Waals surface area contributed by atoms with Crippen LogP contribution >= 0.6 is 10.9 Å². The average Bonchev–Trinajstić information content (AvgIpc) is 2.34. The van der Waals surface area contributed by atoms with Crippen LogP contribution in [0.15, 0.2) is 11.1 Å². The number of rotatable bonds is 0. The Morgan fingerprint density at radius 3 is 3.30 bits per heavy atom.